The van der Waals surface area contributed by atoms with E-state index in [1.54, 1.807) is 0 Å². The molecule has 0 bridgehead atoms. The Labute approximate surface area is 74.0 Å². The second kappa shape index (κ2) is 3.74. The molecule has 0 aromatic rings. The second-order valence-electron chi connectivity index (χ2n) is 3.88. The van der Waals surface area contributed by atoms with E-state index in [1.807, 2.05) is 6.92 Å². The minimum absolute atomic E-state index is 0.652. The number of hydrogen-bond acceptors (Lipinski definition) is 2. The smallest absolute Gasteiger partial charge is 0.0824 e. The summed E-state index contributed by atoms with van der Waals surface area (Å²) < 4.78 is 0. The zero-order chi connectivity index (χ0) is 9.14. The van der Waals surface area contributed by atoms with Gasteiger partial charge in [-0.15, -0.1) is 0 Å². The molecular formula is C10H17NO. The minimum atomic E-state index is 0.652. The van der Waals surface area contributed by atoms with Crippen LogP contribution in [-0.4, -0.2) is 10.9 Å². The van der Waals surface area contributed by atoms with E-state index in [1.165, 1.54) is 0 Å². The lowest BCUT2D eigenvalue weighted by Gasteiger charge is -2.24. The van der Waals surface area contributed by atoms with E-state index < -0.39 is 0 Å². The van der Waals surface area contributed by atoms with E-state index in [-0.39, 0.29) is 0 Å². The molecule has 0 saturated heterocycles. The van der Waals surface area contributed by atoms with Crippen molar-refractivity contribution in [3.63, 3.8) is 0 Å². The summed E-state index contributed by atoms with van der Waals surface area (Å²) in [4.78, 5) is 0. The third kappa shape index (κ3) is 1.87. The Kier molecular flexibility index (Phi) is 2.90. The molecule has 1 aliphatic rings. The van der Waals surface area contributed by atoms with Crippen molar-refractivity contribution in [3.8, 4) is 0 Å². The molecule has 0 fully saturated rings. The van der Waals surface area contributed by atoms with Gasteiger partial charge in [-0.1, -0.05) is 25.1 Å². The topological polar surface area (TPSA) is 32.6 Å². The van der Waals surface area contributed by atoms with Crippen LogP contribution in [0, 0.1) is 11.8 Å². The second-order valence-corrected chi connectivity index (χ2v) is 3.88. The molecule has 1 rings (SSSR count). The van der Waals surface area contributed by atoms with Crippen LogP contribution in [-0.2, 0) is 0 Å². The molecule has 0 aromatic heterocycles. The van der Waals surface area contributed by atoms with Gasteiger partial charge in [-0.2, -0.15) is 0 Å². The summed E-state index contributed by atoms with van der Waals surface area (Å²) >= 11 is 0. The fraction of sp³-hybridized carbons (Fsp3) is 0.700. The minimum Gasteiger partial charge on any atom is -0.411 e. The van der Waals surface area contributed by atoms with Gasteiger partial charge < -0.3 is 5.21 Å². The first-order valence-electron chi connectivity index (χ1n) is 4.53. The Morgan fingerprint density at radius 2 is 2.25 bits per heavy atom. The van der Waals surface area contributed by atoms with Crippen molar-refractivity contribution in [3.05, 3.63) is 11.6 Å². The Hall–Kier alpha value is -0.790. The van der Waals surface area contributed by atoms with Gasteiger partial charge in [0.1, 0.15) is 0 Å². The molecular weight excluding hydrogens is 150 g/mol. The van der Waals surface area contributed by atoms with Crippen LogP contribution in [0.15, 0.2) is 16.8 Å². The van der Waals surface area contributed by atoms with Crippen LogP contribution in [0.2, 0.25) is 0 Å². The van der Waals surface area contributed by atoms with Gasteiger partial charge >= 0.3 is 0 Å². The van der Waals surface area contributed by atoms with Gasteiger partial charge in [0.2, 0.25) is 0 Å². The SMILES string of the molecule is CC1=CC[C@@H](C(C)C)CC1=NO. The van der Waals surface area contributed by atoms with Crippen LogP contribution < -0.4 is 0 Å². The highest BCUT2D eigenvalue weighted by atomic mass is 16.4. The zero-order valence-corrected chi connectivity index (χ0v) is 8.04. The van der Waals surface area contributed by atoms with Crippen LogP contribution >= 0.6 is 0 Å². The Morgan fingerprint density at radius 3 is 2.75 bits per heavy atom. The Balaban J connectivity index is 2.71. The van der Waals surface area contributed by atoms with Gasteiger partial charge in [-0.05, 0) is 37.2 Å². The third-order valence-electron chi connectivity index (χ3n) is 2.70. The maximum absolute atomic E-state index is 8.71. The zero-order valence-electron chi connectivity index (χ0n) is 8.04. The maximum atomic E-state index is 8.71. The standard InChI is InChI=1S/C10H17NO/c1-7(2)9-5-4-8(3)10(6-9)11-12/h4,7,9,12H,5-6H2,1-3H3/t9-/m1/s1. The summed E-state index contributed by atoms with van der Waals surface area (Å²) in [5.74, 6) is 1.32. The van der Waals surface area contributed by atoms with E-state index in [0.717, 1.165) is 24.1 Å². The van der Waals surface area contributed by atoms with Gasteiger partial charge in [0.05, 0.1) is 5.71 Å². The highest BCUT2D eigenvalue weighted by molar-refractivity contribution is 6.00. The van der Waals surface area contributed by atoms with Gasteiger partial charge in [0.25, 0.3) is 0 Å². The summed E-state index contributed by atoms with van der Waals surface area (Å²) in [6.45, 7) is 6.44. The molecule has 0 heterocycles. The summed E-state index contributed by atoms with van der Waals surface area (Å²) in [6, 6.07) is 0. The van der Waals surface area contributed by atoms with E-state index in [2.05, 4.69) is 25.1 Å². The number of nitrogens with zero attached hydrogens (tertiary/aromatic N) is 1. The lowest BCUT2D eigenvalue weighted by molar-refractivity contribution is 0.311. The molecule has 12 heavy (non-hydrogen) atoms. The molecule has 1 aliphatic carbocycles. The van der Waals surface area contributed by atoms with Gasteiger partial charge in [0, 0.05) is 0 Å². The summed E-state index contributed by atoms with van der Waals surface area (Å²) in [5, 5.41) is 12.0. The predicted molar refractivity (Wildman–Crippen MR) is 50.5 cm³/mol. The fourth-order valence-electron chi connectivity index (χ4n) is 1.57. The highest BCUT2D eigenvalue weighted by Gasteiger charge is 2.20. The summed E-state index contributed by atoms with van der Waals surface area (Å²) in [5.41, 5.74) is 1.99. The molecule has 1 N–H and O–H groups in total. The first kappa shape index (κ1) is 9.30. The van der Waals surface area contributed by atoms with Crippen LogP contribution in [0.4, 0.5) is 0 Å². The van der Waals surface area contributed by atoms with Gasteiger partial charge in [-0.25, -0.2) is 0 Å². The van der Waals surface area contributed by atoms with Crippen molar-refractivity contribution in [2.45, 2.75) is 33.6 Å². The number of allylic oxidation sites excluding steroid dienone is 2. The predicted octanol–water partition coefficient (Wildman–Crippen LogP) is 2.83. The van der Waals surface area contributed by atoms with Gasteiger partial charge in [0.15, 0.2) is 0 Å². The Morgan fingerprint density at radius 1 is 1.58 bits per heavy atom. The van der Waals surface area contributed by atoms with Crippen molar-refractivity contribution < 1.29 is 5.21 Å². The van der Waals surface area contributed by atoms with E-state index >= 15 is 0 Å². The van der Waals surface area contributed by atoms with E-state index in [0.29, 0.717) is 11.8 Å². The molecule has 0 aliphatic heterocycles. The van der Waals surface area contributed by atoms with Crippen LogP contribution in [0.25, 0.3) is 0 Å². The average molecular weight is 167 g/mol. The lowest BCUT2D eigenvalue weighted by Crippen LogP contribution is -2.18. The monoisotopic (exact) mass is 167 g/mol. The molecule has 2 heteroatoms. The highest BCUT2D eigenvalue weighted by Crippen LogP contribution is 2.27. The first-order valence-corrected chi connectivity index (χ1v) is 4.53. The number of rotatable bonds is 1. The molecule has 2 nitrogen and oxygen atoms in total. The molecule has 68 valence electrons. The quantitative estimate of drug-likeness (QED) is 0.472. The number of oxime groups is 1. The van der Waals surface area contributed by atoms with Crippen molar-refractivity contribution in [2.75, 3.05) is 0 Å². The first-order chi connectivity index (χ1) is 5.65. The third-order valence-corrected chi connectivity index (χ3v) is 2.70. The molecule has 0 unspecified atom stereocenters. The maximum Gasteiger partial charge on any atom is 0.0824 e. The van der Waals surface area contributed by atoms with E-state index in [9.17, 15) is 0 Å². The molecule has 0 aromatic carbocycles. The van der Waals surface area contributed by atoms with Gasteiger partial charge in [-0.3, -0.25) is 0 Å². The Bertz CT molecular complexity index is 216. The van der Waals surface area contributed by atoms with Crippen LogP contribution in [0.1, 0.15) is 33.6 Å². The van der Waals surface area contributed by atoms with Crippen molar-refractivity contribution in [1.82, 2.24) is 0 Å². The summed E-state index contributed by atoms with van der Waals surface area (Å²) in [6.07, 6.45) is 4.22. The lowest BCUT2D eigenvalue weighted by atomic mass is 9.82. The summed E-state index contributed by atoms with van der Waals surface area (Å²) in [7, 11) is 0. The van der Waals surface area contributed by atoms with E-state index in [4.69, 9.17) is 5.21 Å². The molecule has 0 amide bonds. The number of hydrogen-bond donors (Lipinski definition) is 1. The van der Waals surface area contributed by atoms with Crippen LogP contribution in [0.3, 0.4) is 0 Å². The fourth-order valence-corrected chi connectivity index (χ4v) is 1.57. The van der Waals surface area contributed by atoms with Crippen molar-refractivity contribution in [2.24, 2.45) is 17.0 Å². The molecule has 0 radical (unpaired) electrons. The largest absolute Gasteiger partial charge is 0.411 e. The molecule has 1 atom stereocenters. The van der Waals surface area contributed by atoms with Crippen molar-refractivity contribution >= 4 is 5.71 Å². The van der Waals surface area contributed by atoms with Crippen LogP contribution in [0.5, 0.6) is 0 Å². The van der Waals surface area contributed by atoms with Crippen molar-refractivity contribution in [1.29, 1.82) is 0 Å². The average Bonchev–Trinajstić information content (AvgIpc) is 2.05. The molecule has 0 spiro atoms. The normalized spacial score (nSPS) is 27.8. The molecule has 0 saturated carbocycles.